The maximum absolute atomic E-state index is 13.8. The molecule has 0 fully saturated rings. The molecule has 0 atom stereocenters. The number of para-hydroxylation sites is 3. The maximum atomic E-state index is 13.8. The van der Waals surface area contributed by atoms with Crippen LogP contribution in [0.1, 0.15) is 15.9 Å². The third kappa shape index (κ3) is 4.40. The highest BCUT2D eigenvalue weighted by Crippen LogP contribution is 2.45. The zero-order valence-corrected chi connectivity index (χ0v) is 31.9. The van der Waals surface area contributed by atoms with Crippen LogP contribution in [0.4, 0.5) is 0 Å². The lowest BCUT2D eigenvalue weighted by Gasteiger charge is -2.20. The van der Waals surface area contributed by atoms with Gasteiger partial charge in [0, 0.05) is 49.6 Å². The van der Waals surface area contributed by atoms with Crippen LogP contribution < -0.4 is 16.4 Å². The topological polar surface area (TPSA) is 26.9 Å². The number of nitrogens with zero attached hydrogens (tertiary/aromatic N) is 2. The standard InChI is InChI=1S/C55H33BN2O/c59-55-43-23-8-7-22-39(43)52-38(24-13-28-44(52)55)40-25-14-26-41-42-27-15-31-49(54(42)56(53(40)41)34-16-3-1-4-17-34)58-48-30-12-10-21-37(48)46-32-45-36-20-9-11-29-47(36)57(50(45)33-51(46)58)35-18-5-2-6-19-35/h1-33H. The van der Waals surface area contributed by atoms with Gasteiger partial charge in [0.2, 0.25) is 6.71 Å². The van der Waals surface area contributed by atoms with Crippen LogP contribution >= 0.6 is 0 Å². The molecule has 1 aliphatic carbocycles. The van der Waals surface area contributed by atoms with Gasteiger partial charge in [-0.15, -0.1) is 0 Å². The van der Waals surface area contributed by atoms with E-state index in [0.29, 0.717) is 0 Å². The fraction of sp³-hybridized carbons (Fsp3) is 0. The van der Waals surface area contributed by atoms with Gasteiger partial charge in [0.15, 0.2) is 5.78 Å². The highest BCUT2D eigenvalue weighted by Gasteiger charge is 2.39. The highest BCUT2D eigenvalue weighted by atomic mass is 16.1. The second kappa shape index (κ2) is 12.2. The quantitative estimate of drug-likeness (QED) is 0.165. The first-order chi connectivity index (χ1) is 29.2. The number of carbonyl (C=O) groups is 1. The van der Waals surface area contributed by atoms with Gasteiger partial charge < -0.3 is 9.13 Å². The SMILES string of the molecule is O=C1c2ccccc2-c2c1cccc2-c1cccc2c1B(c1ccccc1)c1c-2cccc1-n1c2ccccc2c2cc3c4ccccc4n(-c4ccccc4)c3cc21. The Morgan fingerprint density at radius 3 is 1.58 bits per heavy atom. The van der Waals surface area contributed by atoms with E-state index >= 15 is 0 Å². The molecule has 59 heavy (non-hydrogen) atoms. The number of hydrogen-bond donors (Lipinski definition) is 0. The molecule has 9 aromatic carbocycles. The van der Waals surface area contributed by atoms with Gasteiger partial charge in [-0.05, 0) is 75.7 Å². The molecule has 272 valence electrons. The van der Waals surface area contributed by atoms with E-state index in [-0.39, 0.29) is 12.5 Å². The molecule has 2 aromatic heterocycles. The number of carbonyl (C=O) groups excluding carboxylic acids is 1. The van der Waals surface area contributed by atoms with Crippen LogP contribution in [0.15, 0.2) is 200 Å². The molecule has 0 N–H and O–H groups in total. The second-order valence-corrected chi connectivity index (χ2v) is 15.9. The minimum absolute atomic E-state index is 0.0625. The van der Waals surface area contributed by atoms with Gasteiger partial charge in [-0.25, -0.2) is 0 Å². The summed E-state index contributed by atoms with van der Waals surface area (Å²) in [6.07, 6.45) is 0. The predicted octanol–water partition coefficient (Wildman–Crippen LogP) is 11.3. The van der Waals surface area contributed by atoms with E-state index in [4.69, 9.17) is 0 Å². The Morgan fingerprint density at radius 2 is 0.847 bits per heavy atom. The van der Waals surface area contributed by atoms with Crippen molar-refractivity contribution in [3.05, 3.63) is 211 Å². The van der Waals surface area contributed by atoms with Crippen LogP contribution in [0.2, 0.25) is 0 Å². The fourth-order valence-corrected chi connectivity index (χ4v) is 10.6. The van der Waals surface area contributed by atoms with E-state index in [1.807, 2.05) is 24.3 Å². The van der Waals surface area contributed by atoms with E-state index in [1.54, 1.807) is 0 Å². The number of hydrogen-bond acceptors (Lipinski definition) is 1. The summed E-state index contributed by atoms with van der Waals surface area (Å²) in [5.41, 5.74) is 19.2. The zero-order chi connectivity index (χ0) is 38.8. The Kier molecular flexibility index (Phi) is 6.68. The molecule has 3 heterocycles. The van der Waals surface area contributed by atoms with Gasteiger partial charge in [-0.2, -0.15) is 0 Å². The summed E-state index contributed by atoms with van der Waals surface area (Å²) in [4.78, 5) is 13.8. The molecular formula is C55H33BN2O. The Balaban J connectivity index is 1.12. The summed E-state index contributed by atoms with van der Waals surface area (Å²) >= 11 is 0. The smallest absolute Gasteiger partial charge is 0.246 e. The molecule has 0 amide bonds. The van der Waals surface area contributed by atoms with Crippen LogP contribution in [0.5, 0.6) is 0 Å². The normalized spacial score (nSPS) is 12.7. The summed E-state index contributed by atoms with van der Waals surface area (Å²) in [7, 11) is 0. The lowest BCUT2D eigenvalue weighted by atomic mass is 9.37. The predicted molar refractivity (Wildman–Crippen MR) is 246 cm³/mol. The molecule has 4 heteroatoms. The lowest BCUT2D eigenvalue weighted by Crippen LogP contribution is -2.50. The van der Waals surface area contributed by atoms with Crippen molar-refractivity contribution >= 4 is 72.5 Å². The summed E-state index contributed by atoms with van der Waals surface area (Å²) < 4.78 is 4.93. The van der Waals surface area contributed by atoms with Gasteiger partial charge in [-0.1, -0.05) is 169 Å². The van der Waals surface area contributed by atoms with Crippen molar-refractivity contribution in [2.75, 3.05) is 0 Å². The monoisotopic (exact) mass is 748 g/mol. The molecule has 2 aliphatic rings. The van der Waals surface area contributed by atoms with Crippen molar-refractivity contribution in [1.29, 1.82) is 0 Å². The number of benzene rings is 9. The third-order valence-corrected chi connectivity index (χ3v) is 13.0. The first-order valence-corrected chi connectivity index (χ1v) is 20.4. The van der Waals surface area contributed by atoms with Gasteiger partial charge in [-0.3, -0.25) is 4.79 Å². The number of ketones is 1. The van der Waals surface area contributed by atoms with Gasteiger partial charge in [0.05, 0.1) is 22.1 Å². The fourth-order valence-electron chi connectivity index (χ4n) is 10.6. The summed E-state index contributed by atoms with van der Waals surface area (Å²) in [6.45, 7) is -0.0625. The van der Waals surface area contributed by atoms with Crippen molar-refractivity contribution in [3.63, 3.8) is 0 Å². The van der Waals surface area contributed by atoms with Crippen molar-refractivity contribution < 1.29 is 4.79 Å². The first kappa shape index (κ1) is 32.4. The Bertz CT molecular complexity index is 3580. The minimum Gasteiger partial charge on any atom is -0.310 e. The van der Waals surface area contributed by atoms with Gasteiger partial charge in [0.25, 0.3) is 0 Å². The number of rotatable bonds is 4. The Hall–Kier alpha value is -7.69. The molecule has 3 nitrogen and oxygen atoms in total. The number of fused-ring (bicyclic) bond motifs is 12. The average molecular weight is 749 g/mol. The molecule has 0 bridgehead atoms. The maximum Gasteiger partial charge on any atom is 0.246 e. The van der Waals surface area contributed by atoms with Gasteiger partial charge in [0.1, 0.15) is 0 Å². The average Bonchev–Trinajstić information content (AvgIpc) is 4.01. The molecule has 0 saturated carbocycles. The molecule has 0 unspecified atom stereocenters. The largest absolute Gasteiger partial charge is 0.310 e. The van der Waals surface area contributed by atoms with Crippen LogP contribution in [0, 0.1) is 0 Å². The van der Waals surface area contributed by atoms with Crippen LogP contribution in [-0.2, 0) is 0 Å². The molecule has 0 saturated heterocycles. The summed E-state index contributed by atoms with van der Waals surface area (Å²) in [5, 5.41) is 4.95. The first-order valence-electron chi connectivity index (χ1n) is 20.4. The van der Waals surface area contributed by atoms with E-state index in [0.717, 1.165) is 39.1 Å². The third-order valence-electron chi connectivity index (χ3n) is 13.0. The van der Waals surface area contributed by atoms with E-state index in [9.17, 15) is 4.79 Å². The Labute approximate surface area is 341 Å². The zero-order valence-electron chi connectivity index (χ0n) is 31.9. The van der Waals surface area contributed by atoms with Crippen molar-refractivity contribution in [3.8, 4) is 44.8 Å². The summed E-state index contributed by atoms with van der Waals surface area (Å²) in [6, 6.07) is 72.1. The van der Waals surface area contributed by atoms with Crippen LogP contribution in [0.3, 0.4) is 0 Å². The van der Waals surface area contributed by atoms with E-state index < -0.39 is 0 Å². The van der Waals surface area contributed by atoms with Crippen molar-refractivity contribution in [2.45, 2.75) is 0 Å². The van der Waals surface area contributed by atoms with Crippen LogP contribution in [0.25, 0.3) is 88.4 Å². The van der Waals surface area contributed by atoms with E-state index in [2.05, 4.69) is 185 Å². The van der Waals surface area contributed by atoms with Crippen LogP contribution in [-0.4, -0.2) is 21.6 Å². The molecule has 0 radical (unpaired) electrons. The van der Waals surface area contributed by atoms with Crippen molar-refractivity contribution in [2.24, 2.45) is 0 Å². The lowest BCUT2D eigenvalue weighted by molar-refractivity contribution is 0.104. The Morgan fingerprint density at radius 1 is 0.339 bits per heavy atom. The van der Waals surface area contributed by atoms with E-state index in [1.165, 1.54) is 76.8 Å². The van der Waals surface area contributed by atoms with Crippen molar-refractivity contribution in [1.82, 2.24) is 9.13 Å². The molecule has 0 spiro atoms. The number of aromatic nitrogens is 2. The molecule has 13 rings (SSSR count). The summed E-state index contributed by atoms with van der Waals surface area (Å²) in [5.74, 6) is 0.0991. The minimum atomic E-state index is -0.0625. The molecular weight excluding hydrogens is 715 g/mol. The van der Waals surface area contributed by atoms with Gasteiger partial charge >= 0.3 is 0 Å². The highest BCUT2D eigenvalue weighted by molar-refractivity contribution is 7.00. The second-order valence-electron chi connectivity index (χ2n) is 15.9. The molecule has 11 aromatic rings. The molecule has 1 aliphatic heterocycles.